The Morgan fingerprint density at radius 3 is 2.30 bits per heavy atom. The van der Waals surface area contributed by atoms with Gasteiger partial charge in [-0.3, -0.25) is 10.0 Å². The standard InChI is InChI=1S/C19H26F2N2O6S/c1-18(20,21)29-16-4-2-14(3-5-16)15-6-10-23(11-7-15)30(26,27)19(17(24)22-25)8-12-28-13-9-19/h2-5,15,25H,6-13H2,1H3,(H,22,24). The normalized spacial score (nSPS) is 21.2. The SMILES string of the molecule is CC(F)(F)Oc1ccc(C2CCN(S(=O)(=O)C3(C(=O)NO)CCOCC3)CC2)cc1. The van der Waals surface area contributed by atoms with Crippen LogP contribution in [0.5, 0.6) is 5.75 Å². The minimum absolute atomic E-state index is 0.0226. The highest BCUT2D eigenvalue weighted by Crippen LogP contribution is 2.37. The molecule has 1 amide bonds. The van der Waals surface area contributed by atoms with Gasteiger partial charge in [0.25, 0.3) is 5.91 Å². The smallest absolute Gasteiger partial charge is 0.394 e. The highest BCUT2D eigenvalue weighted by atomic mass is 32.2. The highest BCUT2D eigenvalue weighted by Gasteiger charge is 2.54. The van der Waals surface area contributed by atoms with E-state index < -0.39 is 26.8 Å². The van der Waals surface area contributed by atoms with Crippen LogP contribution in [0.1, 0.15) is 44.1 Å². The number of nitrogens with one attached hydrogen (secondary N) is 1. The van der Waals surface area contributed by atoms with Crippen LogP contribution in [0.2, 0.25) is 0 Å². The predicted octanol–water partition coefficient (Wildman–Crippen LogP) is 2.24. The first kappa shape index (κ1) is 22.9. The fourth-order valence-electron chi connectivity index (χ4n) is 4.10. The van der Waals surface area contributed by atoms with Gasteiger partial charge in [0, 0.05) is 46.1 Å². The number of hydroxylamine groups is 1. The zero-order chi connectivity index (χ0) is 22.0. The third kappa shape index (κ3) is 4.58. The molecule has 0 saturated carbocycles. The number of hydrogen-bond donors (Lipinski definition) is 2. The van der Waals surface area contributed by atoms with E-state index in [0.29, 0.717) is 19.8 Å². The first-order valence-electron chi connectivity index (χ1n) is 9.78. The molecule has 3 rings (SSSR count). The molecule has 2 fully saturated rings. The van der Waals surface area contributed by atoms with Gasteiger partial charge in [-0.25, -0.2) is 18.2 Å². The molecule has 2 aliphatic heterocycles. The molecule has 168 valence electrons. The zero-order valence-electron chi connectivity index (χ0n) is 16.6. The Kier molecular flexibility index (Phi) is 6.66. The molecule has 11 heteroatoms. The number of benzene rings is 1. The van der Waals surface area contributed by atoms with E-state index in [0.717, 1.165) is 5.56 Å². The van der Waals surface area contributed by atoms with E-state index in [1.807, 2.05) is 0 Å². The number of rotatable bonds is 6. The van der Waals surface area contributed by atoms with Crippen LogP contribution in [0.4, 0.5) is 8.78 Å². The molecule has 2 N–H and O–H groups in total. The molecular formula is C19H26F2N2O6S. The van der Waals surface area contributed by atoms with E-state index in [1.54, 1.807) is 12.1 Å². The average molecular weight is 448 g/mol. The lowest BCUT2D eigenvalue weighted by Gasteiger charge is -2.40. The maximum absolute atomic E-state index is 13.3. The molecule has 8 nitrogen and oxygen atoms in total. The fourth-order valence-corrected chi connectivity index (χ4v) is 6.25. The van der Waals surface area contributed by atoms with Crippen molar-refractivity contribution in [2.24, 2.45) is 0 Å². The van der Waals surface area contributed by atoms with Gasteiger partial charge in [-0.15, -0.1) is 0 Å². The van der Waals surface area contributed by atoms with Gasteiger partial charge >= 0.3 is 6.11 Å². The minimum atomic E-state index is -4.01. The number of amides is 1. The van der Waals surface area contributed by atoms with Crippen LogP contribution in [-0.4, -0.2) is 61.0 Å². The molecule has 0 unspecified atom stereocenters. The Labute approximate surface area is 174 Å². The van der Waals surface area contributed by atoms with E-state index in [1.165, 1.54) is 21.9 Å². The number of ether oxygens (including phenoxy) is 2. The van der Waals surface area contributed by atoms with Gasteiger partial charge < -0.3 is 9.47 Å². The average Bonchev–Trinajstić information content (AvgIpc) is 2.73. The molecule has 0 aliphatic carbocycles. The highest BCUT2D eigenvalue weighted by molar-refractivity contribution is 7.91. The van der Waals surface area contributed by atoms with Crippen molar-refractivity contribution in [3.8, 4) is 5.75 Å². The number of nitrogens with zero attached hydrogens (tertiary/aromatic N) is 1. The van der Waals surface area contributed by atoms with Crippen molar-refractivity contribution in [1.29, 1.82) is 0 Å². The Hall–Kier alpha value is -1.82. The Bertz CT molecular complexity index is 843. The van der Waals surface area contributed by atoms with Gasteiger partial charge in [-0.05, 0) is 36.5 Å². The second kappa shape index (κ2) is 8.74. The molecule has 2 aliphatic rings. The van der Waals surface area contributed by atoms with E-state index in [9.17, 15) is 22.0 Å². The third-order valence-electron chi connectivity index (χ3n) is 5.75. The summed E-state index contributed by atoms with van der Waals surface area (Å²) in [5, 5.41) is 9.12. The van der Waals surface area contributed by atoms with E-state index in [2.05, 4.69) is 4.74 Å². The molecule has 0 bridgehead atoms. The Balaban J connectivity index is 1.69. The molecule has 0 aromatic heterocycles. The van der Waals surface area contributed by atoms with Crippen LogP contribution >= 0.6 is 0 Å². The molecule has 30 heavy (non-hydrogen) atoms. The summed E-state index contributed by atoms with van der Waals surface area (Å²) in [6.07, 6.45) is -2.26. The number of alkyl halides is 2. The van der Waals surface area contributed by atoms with Gasteiger partial charge in [-0.1, -0.05) is 12.1 Å². The summed E-state index contributed by atoms with van der Waals surface area (Å²) in [5.41, 5.74) is 2.42. The minimum Gasteiger partial charge on any atom is -0.433 e. The first-order chi connectivity index (χ1) is 14.1. The van der Waals surface area contributed by atoms with E-state index in [4.69, 9.17) is 9.94 Å². The summed E-state index contributed by atoms with van der Waals surface area (Å²) in [6, 6.07) is 6.35. The number of carbonyl (C=O) groups excluding carboxylic acids is 1. The van der Waals surface area contributed by atoms with Gasteiger partial charge in [-0.2, -0.15) is 8.78 Å². The number of halogens is 2. The van der Waals surface area contributed by atoms with Crippen molar-refractivity contribution < 1.29 is 36.7 Å². The van der Waals surface area contributed by atoms with Gasteiger partial charge in [0.2, 0.25) is 10.0 Å². The quantitative estimate of drug-likeness (QED) is 0.511. The van der Waals surface area contributed by atoms with Gasteiger partial charge in [0.15, 0.2) is 4.75 Å². The van der Waals surface area contributed by atoms with Crippen molar-refractivity contribution in [1.82, 2.24) is 9.79 Å². The summed E-state index contributed by atoms with van der Waals surface area (Å²) >= 11 is 0. The number of sulfonamides is 1. The lowest BCUT2D eigenvalue weighted by Crippen LogP contribution is -2.60. The Morgan fingerprint density at radius 2 is 1.80 bits per heavy atom. The first-order valence-corrected chi connectivity index (χ1v) is 11.2. The van der Waals surface area contributed by atoms with Crippen molar-refractivity contribution in [2.75, 3.05) is 26.3 Å². The van der Waals surface area contributed by atoms with Crippen LogP contribution in [0.15, 0.2) is 24.3 Å². The number of hydrogen-bond acceptors (Lipinski definition) is 6. The second-order valence-corrected chi connectivity index (χ2v) is 9.95. The van der Waals surface area contributed by atoms with Crippen molar-refractivity contribution in [3.05, 3.63) is 29.8 Å². The van der Waals surface area contributed by atoms with Crippen LogP contribution in [-0.2, 0) is 19.6 Å². The fraction of sp³-hybridized carbons (Fsp3) is 0.632. The molecule has 0 atom stereocenters. The van der Waals surface area contributed by atoms with Crippen LogP contribution < -0.4 is 10.2 Å². The largest absolute Gasteiger partial charge is 0.433 e. The zero-order valence-corrected chi connectivity index (χ0v) is 17.5. The second-order valence-electron chi connectivity index (χ2n) is 7.70. The number of carbonyl (C=O) groups is 1. The topological polar surface area (TPSA) is 105 Å². The summed E-state index contributed by atoms with van der Waals surface area (Å²) < 4.78 is 61.8. The van der Waals surface area contributed by atoms with Gasteiger partial charge in [0.1, 0.15) is 5.75 Å². The van der Waals surface area contributed by atoms with Crippen LogP contribution in [0.25, 0.3) is 0 Å². The van der Waals surface area contributed by atoms with Crippen LogP contribution in [0.3, 0.4) is 0 Å². The third-order valence-corrected chi connectivity index (χ3v) is 8.38. The molecule has 2 heterocycles. The van der Waals surface area contributed by atoms with Crippen molar-refractivity contribution in [3.63, 3.8) is 0 Å². The maximum Gasteiger partial charge on any atom is 0.394 e. The van der Waals surface area contributed by atoms with Crippen molar-refractivity contribution >= 4 is 15.9 Å². The molecular weight excluding hydrogens is 422 g/mol. The lowest BCUT2D eigenvalue weighted by atomic mass is 9.90. The van der Waals surface area contributed by atoms with Gasteiger partial charge in [0.05, 0.1) is 0 Å². The number of piperidine rings is 1. The Morgan fingerprint density at radius 1 is 1.23 bits per heavy atom. The molecule has 1 aromatic rings. The van der Waals surface area contributed by atoms with Crippen LogP contribution in [0, 0.1) is 0 Å². The monoisotopic (exact) mass is 448 g/mol. The van der Waals surface area contributed by atoms with Crippen molar-refractivity contribution in [2.45, 2.75) is 49.4 Å². The molecule has 1 aromatic carbocycles. The predicted molar refractivity (Wildman–Crippen MR) is 103 cm³/mol. The molecule has 2 saturated heterocycles. The maximum atomic E-state index is 13.3. The molecule has 0 radical (unpaired) electrons. The lowest BCUT2D eigenvalue weighted by molar-refractivity contribution is -0.159. The van der Waals surface area contributed by atoms with E-state index >= 15 is 0 Å². The summed E-state index contributed by atoms with van der Waals surface area (Å²) in [7, 11) is -4.01. The molecule has 0 spiro atoms. The summed E-state index contributed by atoms with van der Waals surface area (Å²) in [5.74, 6) is -0.816. The summed E-state index contributed by atoms with van der Waals surface area (Å²) in [6.45, 7) is 1.35. The summed E-state index contributed by atoms with van der Waals surface area (Å²) in [4.78, 5) is 12.3. The van der Waals surface area contributed by atoms with E-state index in [-0.39, 0.29) is 50.8 Å².